The predicted molar refractivity (Wildman–Crippen MR) is 58.4 cm³/mol. The first-order valence-corrected chi connectivity index (χ1v) is 6.14. The average molecular weight is 211 g/mol. The van der Waals surface area contributed by atoms with Crippen molar-refractivity contribution in [3.8, 4) is 0 Å². The maximum atomic E-state index is 11.6. The zero-order valence-corrected chi connectivity index (χ0v) is 9.37. The molecule has 15 heavy (non-hydrogen) atoms. The van der Waals surface area contributed by atoms with E-state index in [1.54, 1.807) is 0 Å². The summed E-state index contributed by atoms with van der Waals surface area (Å²) in [6.45, 7) is 1.94. The van der Waals surface area contributed by atoms with Gasteiger partial charge in [-0.15, -0.1) is 0 Å². The molecule has 0 spiro atoms. The predicted octanol–water partition coefficient (Wildman–Crippen LogP) is 1.55. The minimum absolute atomic E-state index is 0.0260. The monoisotopic (exact) mass is 211 g/mol. The second kappa shape index (κ2) is 4.52. The van der Waals surface area contributed by atoms with Crippen LogP contribution in [-0.2, 0) is 4.79 Å². The van der Waals surface area contributed by atoms with E-state index >= 15 is 0 Å². The van der Waals surface area contributed by atoms with E-state index in [1.165, 1.54) is 19.3 Å². The van der Waals surface area contributed by atoms with E-state index in [9.17, 15) is 9.90 Å². The van der Waals surface area contributed by atoms with Crippen LogP contribution in [0.5, 0.6) is 0 Å². The number of aliphatic hydroxyl groups excluding tert-OH is 1. The van der Waals surface area contributed by atoms with Gasteiger partial charge in [-0.3, -0.25) is 4.79 Å². The van der Waals surface area contributed by atoms with E-state index in [0.29, 0.717) is 6.42 Å². The van der Waals surface area contributed by atoms with Crippen LogP contribution in [0.1, 0.15) is 44.9 Å². The van der Waals surface area contributed by atoms with E-state index < -0.39 is 0 Å². The Kier molecular flexibility index (Phi) is 3.29. The van der Waals surface area contributed by atoms with Crippen molar-refractivity contribution >= 4 is 5.91 Å². The second-order valence-corrected chi connectivity index (χ2v) is 5.14. The van der Waals surface area contributed by atoms with Gasteiger partial charge in [0.2, 0.25) is 5.91 Å². The Morgan fingerprint density at radius 3 is 2.47 bits per heavy atom. The fourth-order valence-corrected chi connectivity index (χ4v) is 2.94. The summed E-state index contributed by atoms with van der Waals surface area (Å²) in [5.74, 6) is 0.286. The molecule has 1 saturated heterocycles. The summed E-state index contributed by atoms with van der Waals surface area (Å²) in [6.07, 6.45) is 7.60. The molecule has 0 bridgehead atoms. The fourth-order valence-electron chi connectivity index (χ4n) is 2.94. The maximum absolute atomic E-state index is 11.6. The van der Waals surface area contributed by atoms with Crippen molar-refractivity contribution in [3.63, 3.8) is 0 Å². The van der Waals surface area contributed by atoms with E-state index in [4.69, 9.17) is 0 Å². The van der Waals surface area contributed by atoms with Crippen molar-refractivity contribution in [2.75, 3.05) is 19.7 Å². The smallest absolute Gasteiger partial charge is 0.222 e. The van der Waals surface area contributed by atoms with Crippen molar-refractivity contribution in [3.05, 3.63) is 0 Å². The highest BCUT2D eigenvalue weighted by molar-refractivity contribution is 5.78. The zero-order chi connectivity index (χ0) is 10.7. The van der Waals surface area contributed by atoms with Crippen LogP contribution in [0.25, 0.3) is 0 Å². The minimum Gasteiger partial charge on any atom is -0.396 e. The van der Waals surface area contributed by atoms with Crippen LogP contribution in [0.3, 0.4) is 0 Å². The van der Waals surface area contributed by atoms with Gasteiger partial charge >= 0.3 is 0 Å². The van der Waals surface area contributed by atoms with E-state index in [0.717, 1.165) is 32.4 Å². The number of likely N-dealkylation sites (tertiary alicyclic amines) is 1. The first-order valence-electron chi connectivity index (χ1n) is 6.14. The summed E-state index contributed by atoms with van der Waals surface area (Å²) in [6, 6.07) is 0. The van der Waals surface area contributed by atoms with Crippen molar-refractivity contribution in [1.29, 1.82) is 0 Å². The third-order valence-electron chi connectivity index (χ3n) is 3.95. The van der Waals surface area contributed by atoms with E-state index in [2.05, 4.69) is 0 Å². The second-order valence-electron chi connectivity index (χ2n) is 5.14. The van der Waals surface area contributed by atoms with Gasteiger partial charge in [-0.25, -0.2) is 0 Å². The molecular formula is C12H21NO2. The Bertz CT molecular complexity index is 234. The lowest BCUT2D eigenvalue weighted by molar-refractivity contribution is -0.130. The topological polar surface area (TPSA) is 40.5 Å². The lowest BCUT2D eigenvalue weighted by Gasteiger charge is -2.38. The average Bonchev–Trinajstić information content (AvgIpc) is 2.66. The van der Waals surface area contributed by atoms with Crippen LogP contribution in [0.15, 0.2) is 0 Å². The standard InChI is InChI=1S/C12H21NO2/c14-10-12(6-2-1-3-7-12)9-13-8-4-5-11(13)15/h14H,1-10H2. The normalized spacial score (nSPS) is 25.9. The number of hydrogen-bond acceptors (Lipinski definition) is 2. The molecule has 3 nitrogen and oxygen atoms in total. The highest BCUT2D eigenvalue weighted by Crippen LogP contribution is 2.37. The van der Waals surface area contributed by atoms with Gasteiger partial charge in [-0.2, -0.15) is 0 Å². The molecule has 2 fully saturated rings. The molecule has 1 aliphatic heterocycles. The summed E-state index contributed by atoms with van der Waals surface area (Å²) in [7, 11) is 0. The van der Waals surface area contributed by atoms with Gasteiger partial charge in [0.15, 0.2) is 0 Å². The number of carbonyl (C=O) groups excluding carboxylic acids is 1. The molecule has 86 valence electrons. The molecule has 1 aliphatic carbocycles. The lowest BCUT2D eigenvalue weighted by Crippen LogP contribution is -2.42. The molecule has 2 rings (SSSR count). The molecule has 0 unspecified atom stereocenters. The molecule has 1 heterocycles. The third kappa shape index (κ3) is 2.33. The van der Waals surface area contributed by atoms with Crippen molar-refractivity contribution < 1.29 is 9.90 Å². The largest absolute Gasteiger partial charge is 0.396 e. The van der Waals surface area contributed by atoms with Gasteiger partial charge < -0.3 is 10.0 Å². The molecule has 2 aliphatic rings. The first kappa shape index (κ1) is 10.9. The summed E-state index contributed by atoms with van der Waals surface area (Å²) >= 11 is 0. The number of nitrogens with zero attached hydrogens (tertiary/aromatic N) is 1. The lowest BCUT2D eigenvalue weighted by atomic mass is 9.74. The van der Waals surface area contributed by atoms with E-state index in [1.807, 2.05) is 4.90 Å². The van der Waals surface area contributed by atoms with Crippen LogP contribution in [-0.4, -0.2) is 35.6 Å². The number of amides is 1. The number of aliphatic hydroxyl groups is 1. The Balaban J connectivity index is 1.97. The van der Waals surface area contributed by atoms with E-state index in [-0.39, 0.29) is 17.9 Å². The number of rotatable bonds is 3. The molecule has 1 N–H and O–H groups in total. The van der Waals surface area contributed by atoms with Gasteiger partial charge in [0.25, 0.3) is 0 Å². The molecule has 0 aromatic carbocycles. The van der Waals surface area contributed by atoms with Crippen LogP contribution in [0, 0.1) is 5.41 Å². The molecule has 0 radical (unpaired) electrons. The van der Waals surface area contributed by atoms with Gasteiger partial charge in [0, 0.05) is 24.9 Å². The Hall–Kier alpha value is -0.570. The van der Waals surface area contributed by atoms with Crippen molar-refractivity contribution in [1.82, 2.24) is 4.90 Å². The minimum atomic E-state index is 0.0260. The Morgan fingerprint density at radius 2 is 1.93 bits per heavy atom. The van der Waals surface area contributed by atoms with Crippen LogP contribution >= 0.6 is 0 Å². The van der Waals surface area contributed by atoms with Crippen LogP contribution < -0.4 is 0 Å². The molecule has 3 heteroatoms. The summed E-state index contributed by atoms with van der Waals surface area (Å²) in [4.78, 5) is 13.5. The van der Waals surface area contributed by atoms with Crippen molar-refractivity contribution in [2.45, 2.75) is 44.9 Å². The molecule has 1 amide bonds. The quantitative estimate of drug-likeness (QED) is 0.769. The molecule has 0 aromatic rings. The molecule has 0 atom stereocenters. The van der Waals surface area contributed by atoms with Gasteiger partial charge in [0.05, 0.1) is 6.61 Å². The van der Waals surface area contributed by atoms with Gasteiger partial charge in [-0.1, -0.05) is 19.3 Å². The maximum Gasteiger partial charge on any atom is 0.222 e. The summed E-state index contributed by atoms with van der Waals surface area (Å²) in [5, 5.41) is 9.55. The van der Waals surface area contributed by atoms with Crippen molar-refractivity contribution in [2.24, 2.45) is 5.41 Å². The third-order valence-corrected chi connectivity index (χ3v) is 3.95. The van der Waals surface area contributed by atoms with Crippen LogP contribution in [0.2, 0.25) is 0 Å². The Labute approximate surface area is 91.5 Å². The summed E-state index contributed by atoms with van der Waals surface area (Å²) < 4.78 is 0. The molecule has 0 aromatic heterocycles. The number of hydrogen-bond donors (Lipinski definition) is 1. The highest BCUT2D eigenvalue weighted by Gasteiger charge is 2.35. The zero-order valence-electron chi connectivity index (χ0n) is 9.37. The molecule has 1 saturated carbocycles. The highest BCUT2D eigenvalue weighted by atomic mass is 16.3. The summed E-state index contributed by atoms with van der Waals surface area (Å²) in [5.41, 5.74) is 0.0260. The van der Waals surface area contributed by atoms with Gasteiger partial charge in [-0.05, 0) is 19.3 Å². The Morgan fingerprint density at radius 1 is 1.20 bits per heavy atom. The SMILES string of the molecule is O=C1CCCN1CC1(CO)CCCCC1. The number of carbonyl (C=O) groups is 1. The first-order chi connectivity index (χ1) is 7.26. The fraction of sp³-hybridized carbons (Fsp3) is 0.917. The molecular weight excluding hydrogens is 190 g/mol. The van der Waals surface area contributed by atoms with Crippen LogP contribution in [0.4, 0.5) is 0 Å². The van der Waals surface area contributed by atoms with Gasteiger partial charge in [0.1, 0.15) is 0 Å².